The first-order valence-corrected chi connectivity index (χ1v) is 6.48. The molecule has 5 nitrogen and oxygen atoms in total. The van der Waals surface area contributed by atoms with Crippen LogP contribution >= 0.6 is 0 Å². The molecule has 0 aliphatic rings. The SMILES string of the molecule is O=C(/C=C/c1cc(F)c(O)c(F)c1)c1cccc2[nH]c(=O)oc12. The minimum absolute atomic E-state index is 0.0637. The van der Waals surface area contributed by atoms with E-state index in [0.29, 0.717) is 5.52 Å². The van der Waals surface area contributed by atoms with E-state index in [-0.39, 0.29) is 16.7 Å². The maximum atomic E-state index is 13.2. The number of aromatic hydroxyl groups is 1. The summed E-state index contributed by atoms with van der Waals surface area (Å²) in [5.41, 5.74) is 0.678. The van der Waals surface area contributed by atoms with Gasteiger partial charge in [-0.25, -0.2) is 13.6 Å². The molecule has 0 radical (unpaired) electrons. The van der Waals surface area contributed by atoms with Crippen LogP contribution in [0.25, 0.3) is 17.2 Å². The van der Waals surface area contributed by atoms with Gasteiger partial charge in [-0.2, -0.15) is 0 Å². The van der Waals surface area contributed by atoms with Gasteiger partial charge in [-0.3, -0.25) is 9.78 Å². The van der Waals surface area contributed by atoms with Crippen molar-refractivity contribution in [2.45, 2.75) is 0 Å². The minimum Gasteiger partial charge on any atom is -0.503 e. The molecule has 0 amide bonds. The number of oxazole rings is 1. The molecular weight excluding hydrogens is 308 g/mol. The van der Waals surface area contributed by atoms with Gasteiger partial charge >= 0.3 is 5.76 Å². The van der Waals surface area contributed by atoms with Gasteiger partial charge < -0.3 is 9.52 Å². The van der Waals surface area contributed by atoms with E-state index in [1.165, 1.54) is 12.1 Å². The summed E-state index contributed by atoms with van der Waals surface area (Å²) < 4.78 is 31.4. The van der Waals surface area contributed by atoms with Gasteiger partial charge in [-0.05, 0) is 35.9 Å². The van der Waals surface area contributed by atoms with Crippen molar-refractivity contribution in [2.24, 2.45) is 0 Å². The number of carbonyl (C=O) groups is 1. The number of benzene rings is 2. The molecule has 0 fully saturated rings. The van der Waals surface area contributed by atoms with Crippen LogP contribution in [0.3, 0.4) is 0 Å². The number of nitrogens with one attached hydrogen (secondary N) is 1. The fourth-order valence-corrected chi connectivity index (χ4v) is 2.11. The molecule has 2 N–H and O–H groups in total. The lowest BCUT2D eigenvalue weighted by atomic mass is 10.1. The first kappa shape index (κ1) is 14.7. The Morgan fingerprint density at radius 1 is 1.22 bits per heavy atom. The number of rotatable bonds is 3. The molecule has 0 aliphatic heterocycles. The first-order valence-electron chi connectivity index (χ1n) is 6.48. The van der Waals surface area contributed by atoms with E-state index in [1.807, 2.05) is 0 Å². The smallest absolute Gasteiger partial charge is 0.417 e. The molecule has 0 saturated heterocycles. The predicted octanol–water partition coefficient (Wildman–Crippen LogP) is 3.00. The predicted molar refractivity (Wildman–Crippen MR) is 78.2 cm³/mol. The molecule has 3 rings (SSSR count). The quantitative estimate of drug-likeness (QED) is 0.574. The van der Waals surface area contributed by atoms with Crippen LogP contribution in [0.1, 0.15) is 15.9 Å². The number of hydrogen-bond donors (Lipinski definition) is 2. The van der Waals surface area contributed by atoms with E-state index in [2.05, 4.69) is 4.98 Å². The van der Waals surface area contributed by atoms with E-state index in [4.69, 9.17) is 9.52 Å². The molecule has 7 heteroatoms. The van der Waals surface area contributed by atoms with Crippen LogP contribution < -0.4 is 5.76 Å². The third-order valence-corrected chi connectivity index (χ3v) is 3.18. The van der Waals surface area contributed by atoms with Gasteiger partial charge in [0.05, 0.1) is 11.1 Å². The molecule has 0 aliphatic carbocycles. The number of phenolic OH excluding ortho intramolecular Hbond substituents is 1. The van der Waals surface area contributed by atoms with Gasteiger partial charge in [0.15, 0.2) is 28.8 Å². The highest BCUT2D eigenvalue weighted by Crippen LogP contribution is 2.22. The second kappa shape index (κ2) is 5.53. The standard InChI is InChI=1S/C16H9F2NO4/c17-10-6-8(7-11(18)14(10)21)4-5-13(20)9-2-1-3-12-15(9)23-16(22)19-12/h1-7,21H,(H,19,22)/b5-4+. The second-order valence-corrected chi connectivity index (χ2v) is 4.73. The van der Waals surface area contributed by atoms with Crippen molar-refractivity contribution < 1.29 is 23.1 Å². The zero-order valence-electron chi connectivity index (χ0n) is 11.5. The fraction of sp³-hybridized carbons (Fsp3) is 0. The molecular formula is C16H9F2NO4. The zero-order valence-corrected chi connectivity index (χ0v) is 11.5. The van der Waals surface area contributed by atoms with E-state index in [1.54, 1.807) is 12.1 Å². The maximum absolute atomic E-state index is 13.2. The first-order chi connectivity index (χ1) is 11.0. The van der Waals surface area contributed by atoms with Gasteiger partial charge in [0, 0.05) is 0 Å². The third kappa shape index (κ3) is 2.76. The van der Waals surface area contributed by atoms with Crippen molar-refractivity contribution in [3.63, 3.8) is 0 Å². The summed E-state index contributed by atoms with van der Waals surface area (Å²) in [7, 11) is 0. The number of hydrogen-bond acceptors (Lipinski definition) is 4. The highest BCUT2D eigenvalue weighted by atomic mass is 19.1. The van der Waals surface area contributed by atoms with E-state index in [9.17, 15) is 18.4 Å². The second-order valence-electron chi connectivity index (χ2n) is 4.73. The number of phenols is 1. The highest BCUT2D eigenvalue weighted by molar-refractivity contribution is 6.12. The molecule has 1 aromatic heterocycles. The Morgan fingerprint density at radius 2 is 1.91 bits per heavy atom. The van der Waals surface area contributed by atoms with Crippen molar-refractivity contribution in [1.82, 2.24) is 4.98 Å². The maximum Gasteiger partial charge on any atom is 0.417 e. The summed E-state index contributed by atoms with van der Waals surface area (Å²) in [4.78, 5) is 25.8. The summed E-state index contributed by atoms with van der Waals surface area (Å²) >= 11 is 0. The molecule has 1 heterocycles. The molecule has 0 spiro atoms. The summed E-state index contributed by atoms with van der Waals surface area (Å²) in [6.45, 7) is 0. The number of para-hydroxylation sites is 1. The van der Waals surface area contributed by atoms with Crippen LogP contribution in [0.4, 0.5) is 8.78 Å². The summed E-state index contributed by atoms with van der Waals surface area (Å²) in [6, 6.07) is 6.38. The lowest BCUT2D eigenvalue weighted by molar-refractivity contribution is 0.104. The van der Waals surface area contributed by atoms with Crippen LogP contribution in [0.5, 0.6) is 5.75 Å². The Hall–Kier alpha value is -3.22. The molecule has 3 aromatic rings. The molecule has 0 bridgehead atoms. The molecule has 0 saturated carbocycles. The Labute approximate surface area is 127 Å². The molecule has 116 valence electrons. The third-order valence-electron chi connectivity index (χ3n) is 3.18. The topological polar surface area (TPSA) is 83.3 Å². The Balaban J connectivity index is 1.96. The van der Waals surface area contributed by atoms with Gasteiger partial charge in [-0.1, -0.05) is 12.1 Å². The van der Waals surface area contributed by atoms with Crippen LogP contribution in [-0.4, -0.2) is 15.9 Å². The number of fused-ring (bicyclic) bond motifs is 1. The van der Waals surface area contributed by atoms with Crippen molar-refractivity contribution in [3.8, 4) is 5.75 Å². The van der Waals surface area contributed by atoms with Crippen molar-refractivity contribution in [3.05, 3.63) is 69.7 Å². The summed E-state index contributed by atoms with van der Waals surface area (Å²) in [5, 5.41) is 9.02. The van der Waals surface area contributed by atoms with E-state index in [0.717, 1.165) is 18.2 Å². The van der Waals surface area contributed by atoms with Crippen LogP contribution in [0, 0.1) is 11.6 Å². The summed E-state index contributed by atoms with van der Waals surface area (Å²) in [6.07, 6.45) is 2.28. The number of ketones is 1. The number of aromatic amines is 1. The number of H-pyrrole nitrogens is 1. The van der Waals surface area contributed by atoms with Crippen LogP contribution in [-0.2, 0) is 0 Å². The highest BCUT2D eigenvalue weighted by Gasteiger charge is 2.12. The molecule has 0 unspecified atom stereocenters. The average molecular weight is 317 g/mol. The zero-order chi connectivity index (χ0) is 16.6. The normalized spacial score (nSPS) is 11.4. The van der Waals surface area contributed by atoms with Gasteiger partial charge in [0.2, 0.25) is 0 Å². The minimum atomic E-state index is -1.13. The van der Waals surface area contributed by atoms with Crippen LogP contribution in [0.15, 0.2) is 45.6 Å². The Bertz CT molecular complexity index is 978. The molecule has 0 atom stereocenters. The largest absolute Gasteiger partial charge is 0.503 e. The number of aromatic nitrogens is 1. The lowest BCUT2D eigenvalue weighted by Crippen LogP contribution is -1.95. The number of carbonyl (C=O) groups excluding carboxylic acids is 1. The Morgan fingerprint density at radius 3 is 2.61 bits per heavy atom. The van der Waals surface area contributed by atoms with E-state index < -0.39 is 28.9 Å². The summed E-state index contributed by atoms with van der Waals surface area (Å²) in [5.74, 6) is -4.53. The van der Waals surface area contributed by atoms with Gasteiger partial charge in [-0.15, -0.1) is 0 Å². The van der Waals surface area contributed by atoms with Crippen LogP contribution in [0.2, 0.25) is 0 Å². The van der Waals surface area contributed by atoms with Gasteiger partial charge in [0.25, 0.3) is 0 Å². The van der Waals surface area contributed by atoms with Crippen molar-refractivity contribution in [2.75, 3.05) is 0 Å². The molecule has 2 aromatic carbocycles. The monoisotopic (exact) mass is 317 g/mol. The number of halogens is 2. The Kier molecular flexibility index (Phi) is 3.53. The van der Waals surface area contributed by atoms with Crippen molar-refractivity contribution in [1.29, 1.82) is 0 Å². The molecule has 23 heavy (non-hydrogen) atoms. The fourth-order valence-electron chi connectivity index (χ4n) is 2.11. The number of allylic oxidation sites excluding steroid dienone is 1. The average Bonchev–Trinajstić information content (AvgIpc) is 2.90. The lowest BCUT2D eigenvalue weighted by Gasteiger charge is -2.00. The van der Waals surface area contributed by atoms with Crippen molar-refractivity contribution >= 4 is 23.0 Å². The van der Waals surface area contributed by atoms with Gasteiger partial charge in [0.1, 0.15) is 0 Å². The van der Waals surface area contributed by atoms with E-state index >= 15 is 0 Å².